The van der Waals surface area contributed by atoms with Gasteiger partial charge in [0.05, 0.1) is 4.90 Å². The largest absolute Gasteiger partial charge is 0.339 e. The molecule has 1 amide bonds. The van der Waals surface area contributed by atoms with E-state index in [1.807, 2.05) is 6.92 Å². The summed E-state index contributed by atoms with van der Waals surface area (Å²) in [6.07, 6.45) is 0.516. The van der Waals surface area contributed by atoms with Crippen molar-refractivity contribution >= 4 is 15.9 Å². The van der Waals surface area contributed by atoms with Crippen LogP contribution in [0, 0.1) is 11.6 Å². The van der Waals surface area contributed by atoms with Crippen molar-refractivity contribution in [2.45, 2.75) is 31.2 Å². The van der Waals surface area contributed by atoms with Gasteiger partial charge in [-0.15, -0.1) is 0 Å². The van der Waals surface area contributed by atoms with E-state index in [2.05, 4.69) is 0 Å². The molecule has 0 N–H and O–H groups in total. The maximum Gasteiger partial charge on any atom is 0.242 e. The molecule has 0 radical (unpaired) electrons. The topological polar surface area (TPSA) is 57.7 Å². The van der Waals surface area contributed by atoms with Crippen molar-refractivity contribution in [1.29, 1.82) is 0 Å². The van der Waals surface area contributed by atoms with Crippen LogP contribution in [-0.2, 0) is 21.4 Å². The molecule has 2 aromatic carbocycles. The summed E-state index contributed by atoms with van der Waals surface area (Å²) in [6, 6.07) is 10.7. The molecule has 152 valence electrons. The van der Waals surface area contributed by atoms with Crippen LogP contribution in [0.25, 0.3) is 0 Å². The van der Waals surface area contributed by atoms with Gasteiger partial charge in [-0.2, -0.15) is 0 Å². The second-order valence-corrected chi connectivity index (χ2v) is 8.47. The minimum Gasteiger partial charge on any atom is -0.339 e. The van der Waals surface area contributed by atoms with Gasteiger partial charge in [0.1, 0.15) is 11.6 Å². The minimum absolute atomic E-state index is 0.00372. The van der Waals surface area contributed by atoms with E-state index in [1.165, 1.54) is 31.3 Å². The highest BCUT2D eigenvalue weighted by Gasteiger charge is 2.21. The van der Waals surface area contributed by atoms with Crippen molar-refractivity contribution in [2.75, 3.05) is 20.1 Å². The Bertz CT molecular complexity index is 902. The zero-order chi connectivity index (χ0) is 20.7. The third-order valence-corrected chi connectivity index (χ3v) is 6.25. The fraction of sp³-hybridized carbons (Fsp3) is 0.350. The molecule has 2 aromatic rings. The molecule has 2 rings (SSSR count). The quantitative estimate of drug-likeness (QED) is 0.637. The van der Waals surface area contributed by atoms with Gasteiger partial charge in [-0.05, 0) is 55.3 Å². The third kappa shape index (κ3) is 5.84. The molecule has 0 fully saturated rings. The van der Waals surface area contributed by atoms with Crippen LogP contribution in [0.1, 0.15) is 25.3 Å². The van der Waals surface area contributed by atoms with Crippen molar-refractivity contribution in [1.82, 2.24) is 9.21 Å². The first-order chi connectivity index (χ1) is 13.2. The lowest BCUT2D eigenvalue weighted by molar-refractivity contribution is -0.131. The Balaban J connectivity index is 1.89. The van der Waals surface area contributed by atoms with E-state index in [0.29, 0.717) is 25.1 Å². The van der Waals surface area contributed by atoms with Gasteiger partial charge in [0.25, 0.3) is 0 Å². The SMILES string of the molecule is CCN(Cc1cccc(F)c1)C(=O)CCCN(C)S(=O)(=O)c1ccc(F)cc1. The first-order valence-electron chi connectivity index (χ1n) is 8.98. The normalized spacial score (nSPS) is 11.6. The number of halogens is 2. The first kappa shape index (κ1) is 22.0. The van der Waals surface area contributed by atoms with Crippen molar-refractivity contribution in [3.8, 4) is 0 Å². The molecule has 0 saturated heterocycles. The van der Waals surface area contributed by atoms with E-state index in [9.17, 15) is 22.0 Å². The number of hydrogen-bond acceptors (Lipinski definition) is 3. The maximum atomic E-state index is 13.3. The molecule has 0 spiro atoms. The van der Waals surface area contributed by atoms with Crippen LogP contribution in [0.3, 0.4) is 0 Å². The molecule has 0 aliphatic rings. The zero-order valence-electron chi connectivity index (χ0n) is 15.9. The number of carbonyl (C=O) groups is 1. The summed E-state index contributed by atoms with van der Waals surface area (Å²) >= 11 is 0. The van der Waals surface area contributed by atoms with Crippen LogP contribution in [0.5, 0.6) is 0 Å². The van der Waals surface area contributed by atoms with Gasteiger partial charge in [-0.1, -0.05) is 12.1 Å². The molecular formula is C20H24F2N2O3S. The summed E-state index contributed by atoms with van der Waals surface area (Å²) in [6.45, 7) is 2.77. The number of carbonyl (C=O) groups excluding carboxylic acids is 1. The molecule has 0 aromatic heterocycles. The molecule has 28 heavy (non-hydrogen) atoms. The van der Waals surface area contributed by atoms with Gasteiger partial charge in [-0.25, -0.2) is 21.5 Å². The van der Waals surface area contributed by atoms with Crippen molar-refractivity contribution in [3.05, 3.63) is 65.7 Å². The van der Waals surface area contributed by atoms with Crippen LogP contribution >= 0.6 is 0 Å². The summed E-state index contributed by atoms with van der Waals surface area (Å²) in [5.41, 5.74) is 0.700. The Morgan fingerprint density at radius 3 is 2.32 bits per heavy atom. The van der Waals surface area contributed by atoms with Gasteiger partial charge in [0.2, 0.25) is 15.9 Å². The standard InChI is InChI=1S/C20H24F2N2O3S/c1-3-24(15-16-6-4-7-18(22)14-16)20(25)8-5-13-23(2)28(26,27)19-11-9-17(21)10-12-19/h4,6-7,9-12,14H,3,5,8,13,15H2,1-2H3. The van der Waals surface area contributed by atoms with E-state index < -0.39 is 15.8 Å². The summed E-state index contributed by atoms with van der Waals surface area (Å²) in [5.74, 6) is -0.988. The average molecular weight is 410 g/mol. The van der Waals surface area contributed by atoms with Crippen LogP contribution < -0.4 is 0 Å². The van der Waals surface area contributed by atoms with E-state index >= 15 is 0 Å². The third-order valence-electron chi connectivity index (χ3n) is 4.38. The Labute approximate surface area is 164 Å². The van der Waals surface area contributed by atoms with Crippen molar-refractivity contribution < 1.29 is 22.0 Å². The van der Waals surface area contributed by atoms with Crippen molar-refractivity contribution in [2.24, 2.45) is 0 Å². The lowest BCUT2D eigenvalue weighted by Gasteiger charge is -2.22. The maximum absolute atomic E-state index is 13.3. The molecule has 0 atom stereocenters. The van der Waals surface area contributed by atoms with Crippen LogP contribution in [0.15, 0.2) is 53.4 Å². The van der Waals surface area contributed by atoms with Gasteiger partial charge < -0.3 is 4.90 Å². The number of hydrogen-bond donors (Lipinski definition) is 0. The minimum atomic E-state index is -3.73. The lowest BCUT2D eigenvalue weighted by Crippen LogP contribution is -2.32. The Morgan fingerprint density at radius 2 is 1.71 bits per heavy atom. The number of sulfonamides is 1. The highest BCUT2D eigenvalue weighted by Crippen LogP contribution is 2.16. The fourth-order valence-electron chi connectivity index (χ4n) is 2.75. The van der Waals surface area contributed by atoms with Crippen LogP contribution in [0.4, 0.5) is 8.78 Å². The van der Waals surface area contributed by atoms with E-state index in [-0.39, 0.29) is 29.6 Å². The molecule has 5 nitrogen and oxygen atoms in total. The van der Waals surface area contributed by atoms with Crippen LogP contribution in [-0.4, -0.2) is 43.7 Å². The molecule has 0 unspecified atom stereocenters. The Hall–Kier alpha value is -2.32. The van der Waals surface area contributed by atoms with E-state index in [0.717, 1.165) is 16.4 Å². The highest BCUT2D eigenvalue weighted by atomic mass is 32.2. The molecule has 0 bridgehead atoms. The number of rotatable bonds is 9. The van der Waals surface area contributed by atoms with Gasteiger partial charge in [0, 0.05) is 33.1 Å². The predicted molar refractivity (Wildman–Crippen MR) is 103 cm³/mol. The van der Waals surface area contributed by atoms with Crippen LogP contribution in [0.2, 0.25) is 0 Å². The summed E-state index contributed by atoms with van der Waals surface area (Å²) in [4.78, 5) is 14.0. The molecule has 0 heterocycles. The van der Waals surface area contributed by atoms with Crippen molar-refractivity contribution in [3.63, 3.8) is 0 Å². The fourth-order valence-corrected chi connectivity index (χ4v) is 3.96. The van der Waals surface area contributed by atoms with E-state index in [1.54, 1.807) is 17.0 Å². The zero-order valence-corrected chi connectivity index (χ0v) is 16.8. The van der Waals surface area contributed by atoms with E-state index in [4.69, 9.17) is 0 Å². The highest BCUT2D eigenvalue weighted by molar-refractivity contribution is 7.89. The molecule has 0 aliphatic heterocycles. The second kappa shape index (κ2) is 9.75. The molecular weight excluding hydrogens is 386 g/mol. The number of benzene rings is 2. The Kier molecular flexibility index (Phi) is 7.65. The Morgan fingerprint density at radius 1 is 1.04 bits per heavy atom. The number of nitrogens with zero attached hydrogens (tertiary/aromatic N) is 2. The van der Waals surface area contributed by atoms with Gasteiger partial charge in [0.15, 0.2) is 0 Å². The predicted octanol–water partition coefficient (Wildman–Crippen LogP) is 3.41. The monoisotopic (exact) mass is 410 g/mol. The summed E-state index contributed by atoms with van der Waals surface area (Å²) in [5, 5.41) is 0. The second-order valence-electron chi connectivity index (χ2n) is 6.42. The van der Waals surface area contributed by atoms with Gasteiger partial charge >= 0.3 is 0 Å². The first-order valence-corrected chi connectivity index (χ1v) is 10.4. The summed E-state index contributed by atoms with van der Waals surface area (Å²) < 4.78 is 52.3. The average Bonchev–Trinajstić information content (AvgIpc) is 2.66. The smallest absolute Gasteiger partial charge is 0.242 e. The molecule has 0 aliphatic carbocycles. The summed E-state index contributed by atoms with van der Waals surface area (Å²) in [7, 11) is -2.31. The molecule has 0 saturated carbocycles. The lowest BCUT2D eigenvalue weighted by atomic mass is 10.2. The molecule has 8 heteroatoms. The number of amides is 1. The van der Waals surface area contributed by atoms with Gasteiger partial charge in [-0.3, -0.25) is 4.79 Å².